The number of hydrogen-bond acceptors (Lipinski definition) is 4. The normalized spacial score (nSPS) is 16.2. The number of carbonyl (C=O) groups excluding carboxylic acids is 1. The van der Waals surface area contributed by atoms with Crippen LogP contribution in [0.1, 0.15) is 18.5 Å². The molecule has 0 saturated heterocycles. The summed E-state index contributed by atoms with van der Waals surface area (Å²) < 4.78 is 0. The summed E-state index contributed by atoms with van der Waals surface area (Å²) in [5.74, 6) is -0.0100. The lowest BCUT2D eigenvalue weighted by Crippen LogP contribution is -2.09. The molecule has 1 amide bonds. The Labute approximate surface area is 116 Å². The van der Waals surface area contributed by atoms with E-state index >= 15 is 0 Å². The Morgan fingerprint density at radius 2 is 1.95 bits per heavy atom. The molecule has 1 aromatic carbocycles. The number of pyridine rings is 1. The van der Waals surface area contributed by atoms with Gasteiger partial charge in [0.15, 0.2) is 0 Å². The van der Waals surface area contributed by atoms with Crippen LogP contribution in [-0.4, -0.2) is 16.6 Å². The maximum atomic E-state index is 11.7. The first kappa shape index (κ1) is 12.3. The first-order chi connectivity index (χ1) is 9.83. The second-order valence-electron chi connectivity index (χ2n) is 4.48. The van der Waals surface area contributed by atoms with Crippen molar-refractivity contribution in [3.63, 3.8) is 0 Å². The van der Waals surface area contributed by atoms with Crippen molar-refractivity contribution in [2.75, 3.05) is 10.7 Å². The average molecular weight is 266 g/mol. The first-order valence-corrected chi connectivity index (χ1v) is 6.46. The van der Waals surface area contributed by atoms with Gasteiger partial charge in [-0.1, -0.05) is 18.2 Å². The van der Waals surface area contributed by atoms with Crippen molar-refractivity contribution < 1.29 is 4.79 Å². The van der Waals surface area contributed by atoms with Crippen LogP contribution >= 0.6 is 0 Å². The molecule has 100 valence electrons. The minimum Gasteiger partial charge on any atom is -0.324 e. The van der Waals surface area contributed by atoms with Crippen molar-refractivity contribution in [1.82, 2.24) is 4.98 Å². The lowest BCUT2D eigenvalue weighted by molar-refractivity contribution is -0.116. The molecule has 1 aromatic heterocycles. The Morgan fingerprint density at radius 3 is 2.80 bits per heavy atom. The molecule has 3 rings (SSSR count). The molecule has 0 aliphatic carbocycles. The number of amides is 1. The van der Waals surface area contributed by atoms with Crippen LogP contribution in [-0.2, 0) is 4.79 Å². The number of hydrazone groups is 1. The van der Waals surface area contributed by atoms with Crippen LogP contribution < -0.4 is 10.7 Å². The smallest absolute Gasteiger partial charge is 0.224 e. The quantitative estimate of drug-likeness (QED) is 0.821. The van der Waals surface area contributed by atoms with Gasteiger partial charge in [0.2, 0.25) is 5.91 Å². The Morgan fingerprint density at radius 1 is 1.10 bits per heavy atom. The monoisotopic (exact) mass is 266 g/mol. The largest absolute Gasteiger partial charge is 0.324 e. The zero-order valence-electron chi connectivity index (χ0n) is 10.8. The molecule has 0 radical (unpaired) electrons. The number of rotatable bonds is 2. The number of nitrogens with zero attached hydrogens (tertiary/aromatic N) is 2. The van der Waals surface area contributed by atoms with Crippen LogP contribution in [0.25, 0.3) is 0 Å². The van der Waals surface area contributed by atoms with E-state index in [0.29, 0.717) is 18.5 Å². The molecule has 0 saturated carbocycles. The fourth-order valence-electron chi connectivity index (χ4n) is 2.05. The Bertz CT molecular complexity index is 652. The van der Waals surface area contributed by atoms with E-state index in [9.17, 15) is 4.79 Å². The molecule has 5 heteroatoms. The van der Waals surface area contributed by atoms with Crippen LogP contribution in [0.2, 0.25) is 0 Å². The maximum absolute atomic E-state index is 11.7. The van der Waals surface area contributed by atoms with Crippen LogP contribution in [0, 0.1) is 0 Å². The highest BCUT2D eigenvalue weighted by Crippen LogP contribution is 2.20. The number of para-hydroxylation sites is 1. The van der Waals surface area contributed by atoms with E-state index in [1.807, 2.05) is 36.4 Å². The number of aromatic nitrogens is 1. The van der Waals surface area contributed by atoms with E-state index in [4.69, 9.17) is 0 Å². The molecule has 5 nitrogen and oxygen atoms in total. The minimum absolute atomic E-state index is 0.0100. The first-order valence-electron chi connectivity index (χ1n) is 6.46. The Balaban J connectivity index is 1.91. The van der Waals surface area contributed by atoms with Gasteiger partial charge in [-0.15, -0.1) is 0 Å². The van der Waals surface area contributed by atoms with Gasteiger partial charge in [0.05, 0.1) is 17.1 Å². The van der Waals surface area contributed by atoms with Crippen molar-refractivity contribution >= 4 is 23.0 Å². The summed E-state index contributed by atoms with van der Waals surface area (Å²) in [6, 6.07) is 13.3. The summed E-state index contributed by atoms with van der Waals surface area (Å²) in [5, 5.41) is 7.24. The lowest BCUT2D eigenvalue weighted by atomic mass is 10.1. The average Bonchev–Trinajstić information content (AvgIpc) is 2.65. The SMILES string of the molecule is O=C1CCC(=NNc2ccccc2)c2ncccc2N1. The number of hydrogen-bond donors (Lipinski definition) is 2. The highest BCUT2D eigenvalue weighted by Gasteiger charge is 2.18. The topological polar surface area (TPSA) is 66.4 Å². The number of carbonyl (C=O) groups is 1. The van der Waals surface area contributed by atoms with E-state index in [1.54, 1.807) is 12.3 Å². The standard InChI is InChI=1S/C15H14N4O/c20-14-9-8-13(15-12(17-14)7-4-10-16-15)19-18-11-5-2-1-3-6-11/h1-7,10,18H,8-9H2,(H,17,20). The zero-order chi connectivity index (χ0) is 13.8. The third-order valence-corrected chi connectivity index (χ3v) is 3.04. The molecular formula is C15H14N4O. The van der Waals surface area contributed by atoms with Crippen molar-refractivity contribution in [2.24, 2.45) is 5.10 Å². The fraction of sp³-hybridized carbons (Fsp3) is 0.133. The van der Waals surface area contributed by atoms with E-state index in [2.05, 4.69) is 20.8 Å². The summed E-state index contributed by atoms with van der Waals surface area (Å²) in [4.78, 5) is 16.0. The molecule has 1 aliphatic heterocycles. The van der Waals surface area contributed by atoms with Gasteiger partial charge >= 0.3 is 0 Å². The van der Waals surface area contributed by atoms with Gasteiger partial charge in [0.25, 0.3) is 0 Å². The third-order valence-electron chi connectivity index (χ3n) is 3.04. The number of fused-ring (bicyclic) bond motifs is 1. The molecule has 0 fully saturated rings. The zero-order valence-corrected chi connectivity index (χ0v) is 10.8. The summed E-state index contributed by atoms with van der Waals surface area (Å²) in [6.07, 6.45) is 2.68. The maximum Gasteiger partial charge on any atom is 0.224 e. The lowest BCUT2D eigenvalue weighted by Gasteiger charge is -2.07. The highest BCUT2D eigenvalue weighted by atomic mass is 16.1. The van der Waals surface area contributed by atoms with Gasteiger partial charge in [-0.25, -0.2) is 0 Å². The molecule has 1 aliphatic rings. The molecule has 0 spiro atoms. The van der Waals surface area contributed by atoms with E-state index < -0.39 is 0 Å². The molecule has 20 heavy (non-hydrogen) atoms. The van der Waals surface area contributed by atoms with Gasteiger partial charge in [-0.05, 0) is 24.3 Å². The van der Waals surface area contributed by atoms with Crippen LogP contribution in [0.5, 0.6) is 0 Å². The van der Waals surface area contributed by atoms with Crippen molar-refractivity contribution in [3.8, 4) is 0 Å². The molecule has 2 heterocycles. The second kappa shape index (κ2) is 5.52. The summed E-state index contributed by atoms with van der Waals surface area (Å²) in [7, 11) is 0. The van der Waals surface area contributed by atoms with Crippen LogP contribution in [0.3, 0.4) is 0 Å². The Kier molecular flexibility index (Phi) is 3.41. The number of nitrogens with one attached hydrogen (secondary N) is 2. The van der Waals surface area contributed by atoms with Gasteiger partial charge in [-0.2, -0.15) is 5.10 Å². The van der Waals surface area contributed by atoms with Gasteiger partial charge < -0.3 is 5.32 Å². The third kappa shape index (κ3) is 2.66. The second-order valence-corrected chi connectivity index (χ2v) is 4.48. The summed E-state index contributed by atoms with van der Waals surface area (Å²) in [5.41, 5.74) is 6.13. The van der Waals surface area contributed by atoms with Crippen LogP contribution in [0.4, 0.5) is 11.4 Å². The molecule has 2 N–H and O–H groups in total. The van der Waals surface area contributed by atoms with Gasteiger partial charge in [-0.3, -0.25) is 15.2 Å². The summed E-state index contributed by atoms with van der Waals surface area (Å²) in [6.45, 7) is 0. The molecule has 0 unspecified atom stereocenters. The fourth-order valence-corrected chi connectivity index (χ4v) is 2.05. The van der Waals surface area contributed by atoms with Gasteiger partial charge in [0.1, 0.15) is 5.69 Å². The molecular weight excluding hydrogens is 252 g/mol. The van der Waals surface area contributed by atoms with E-state index in [0.717, 1.165) is 17.1 Å². The van der Waals surface area contributed by atoms with Crippen molar-refractivity contribution in [1.29, 1.82) is 0 Å². The van der Waals surface area contributed by atoms with Crippen LogP contribution in [0.15, 0.2) is 53.8 Å². The Hall–Kier alpha value is -2.69. The predicted octanol–water partition coefficient (Wildman–Crippen LogP) is 2.63. The van der Waals surface area contributed by atoms with Crippen molar-refractivity contribution in [3.05, 3.63) is 54.4 Å². The number of benzene rings is 1. The van der Waals surface area contributed by atoms with Crippen molar-refractivity contribution in [2.45, 2.75) is 12.8 Å². The minimum atomic E-state index is -0.0100. The van der Waals surface area contributed by atoms with E-state index in [1.165, 1.54) is 0 Å². The number of anilines is 2. The molecule has 2 aromatic rings. The molecule has 0 atom stereocenters. The van der Waals surface area contributed by atoms with E-state index in [-0.39, 0.29) is 5.91 Å². The van der Waals surface area contributed by atoms with Gasteiger partial charge in [0, 0.05) is 19.0 Å². The molecule has 0 bridgehead atoms. The highest BCUT2D eigenvalue weighted by molar-refractivity contribution is 6.10. The summed E-state index contributed by atoms with van der Waals surface area (Å²) >= 11 is 0. The predicted molar refractivity (Wildman–Crippen MR) is 78.7 cm³/mol.